The minimum absolute atomic E-state index is 0.606. The molecule has 1 aliphatic carbocycles. The minimum Gasteiger partial charge on any atom is -0.497 e. The van der Waals surface area contributed by atoms with Crippen LogP contribution in [-0.2, 0) is 14.2 Å². The number of hydrogen-bond acceptors (Lipinski definition) is 4. The highest BCUT2D eigenvalue weighted by Crippen LogP contribution is 2.26. The molecule has 1 unspecified atom stereocenters. The highest BCUT2D eigenvalue weighted by Gasteiger charge is 2.37. The number of allylic oxidation sites excluding steroid dienone is 1. The van der Waals surface area contributed by atoms with E-state index in [9.17, 15) is 5.11 Å². The maximum Gasteiger partial charge on any atom is 0.221 e. The number of aliphatic hydroxyl groups is 1. The Kier molecular flexibility index (Phi) is 3.08. The average molecular weight is 186 g/mol. The molecule has 0 bridgehead atoms. The molecule has 74 valence electrons. The van der Waals surface area contributed by atoms with E-state index in [1.165, 1.54) is 14.2 Å². The summed E-state index contributed by atoms with van der Waals surface area (Å²) in [5, 5.41) is 9.60. The van der Waals surface area contributed by atoms with Crippen molar-refractivity contribution in [3.63, 3.8) is 0 Å². The Morgan fingerprint density at radius 3 is 2.38 bits per heavy atom. The van der Waals surface area contributed by atoms with Gasteiger partial charge in [-0.2, -0.15) is 0 Å². The van der Waals surface area contributed by atoms with Gasteiger partial charge in [0, 0.05) is 20.3 Å². The van der Waals surface area contributed by atoms with Crippen molar-refractivity contribution in [1.82, 2.24) is 0 Å². The second-order valence-electron chi connectivity index (χ2n) is 2.68. The zero-order chi connectivity index (χ0) is 9.90. The maximum absolute atomic E-state index is 9.60. The first-order valence-corrected chi connectivity index (χ1v) is 3.92. The van der Waals surface area contributed by atoms with Gasteiger partial charge in [0.15, 0.2) is 0 Å². The summed E-state index contributed by atoms with van der Waals surface area (Å²) in [5.74, 6) is -0.519. The molecule has 0 fully saturated rings. The lowest BCUT2D eigenvalue weighted by Crippen LogP contribution is -2.44. The van der Waals surface area contributed by atoms with Crippen LogP contribution in [0.25, 0.3) is 0 Å². The van der Waals surface area contributed by atoms with Crippen LogP contribution in [0.5, 0.6) is 0 Å². The van der Waals surface area contributed by atoms with E-state index in [4.69, 9.17) is 14.2 Å². The van der Waals surface area contributed by atoms with Gasteiger partial charge in [0.05, 0.1) is 7.11 Å². The van der Waals surface area contributed by atoms with Crippen LogP contribution < -0.4 is 0 Å². The molecule has 0 radical (unpaired) electrons. The van der Waals surface area contributed by atoms with Gasteiger partial charge in [0.1, 0.15) is 11.9 Å². The zero-order valence-corrected chi connectivity index (χ0v) is 7.98. The molecule has 1 N–H and O–H groups in total. The first kappa shape index (κ1) is 10.2. The molecule has 1 aliphatic rings. The van der Waals surface area contributed by atoms with Gasteiger partial charge in [-0.05, 0) is 12.2 Å². The van der Waals surface area contributed by atoms with Gasteiger partial charge in [-0.15, -0.1) is 0 Å². The molecular formula is C9H14O4. The third-order valence-electron chi connectivity index (χ3n) is 2.07. The molecule has 0 spiro atoms. The van der Waals surface area contributed by atoms with Gasteiger partial charge >= 0.3 is 0 Å². The van der Waals surface area contributed by atoms with Crippen molar-refractivity contribution in [3.05, 3.63) is 24.0 Å². The van der Waals surface area contributed by atoms with Crippen molar-refractivity contribution in [2.24, 2.45) is 0 Å². The van der Waals surface area contributed by atoms with Crippen LogP contribution in [0, 0.1) is 0 Å². The van der Waals surface area contributed by atoms with E-state index in [0.29, 0.717) is 5.76 Å². The summed E-state index contributed by atoms with van der Waals surface area (Å²) in [6, 6.07) is 0. The fraction of sp³-hybridized carbons (Fsp3) is 0.556. The summed E-state index contributed by atoms with van der Waals surface area (Å²) in [4.78, 5) is 0. The molecule has 4 nitrogen and oxygen atoms in total. The summed E-state index contributed by atoms with van der Waals surface area (Å²) in [7, 11) is 4.48. The molecule has 0 heterocycles. The van der Waals surface area contributed by atoms with Gasteiger partial charge in [-0.1, -0.05) is 0 Å². The van der Waals surface area contributed by atoms with E-state index < -0.39 is 11.9 Å². The molecule has 0 amide bonds. The topological polar surface area (TPSA) is 47.9 Å². The lowest BCUT2D eigenvalue weighted by molar-refractivity contribution is -0.216. The second kappa shape index (κ2) is 3.91. The van der Waals surface area contributed by atoms with Crippen LogP contribution in [0.2, 0.25) is 0 Å². The Morgan fingerprint density at radius 1 is 1.31 bits per heavy atom. The van der Waals surface area contributed by atoms with Crippen LogP contribution in [0.1, 0.15) is 0 Å². The molecule has 0 aromatic rings. The number of ether oxygens (including phenoxy) is 3. The third kappa shape index (κ3) is 1.75. The fourth-order valence-corrected chi connectivity index (χ4v) is 1.22. The van der Waals surface area contributed by atoms with Gasteiger partial charge in [0.2, 0.25) is 5.79 Å². The fourth-order valence-electron chi connectivity index (χ4n) is 1.22. The number of hydrogen-bond donors (Lipinski definition) is 1. The Hall–Kier alpha value is -0.840. The molecule has 0 saturated heterocycles. The molecule has 0 saturated carbocycles. The van der Waals surface area contributed by atoms with Crippen molar-refractivity contribution >= 4 is 0 Å². The van der Waals surface area contributed by atoms with Crippen LogP contribution in [0.3, 0.4) is 0 Å². The Labute approximate surface area is 77.4 Å². The van der Waals surface area contributed by atoms with Crippen LogP contribution >= 0.6 is 0 Å². The summed E-state index contributed by atoms with van der Waals surface area (Å²) < 4.78 is 15.2. The van der Waals surface area contributed by atoms with Gasteiger partial charge in [0.25, 0.3) is 0 Å². The molecule has 1 atom stereocenters. The predicted octanol–water partition coefficient (Wildman–Crippen LogP) is 0.436. The largest absolute Gasteiger partial charge is 0.497 e. The molecule has 0 aromatic carbocycles. The van der Waals surface area contributed by atoms with Gasteiger partial charge < -0.3 is 19.3 Å². The third-order valence-corrected chi connectivity index (χ3v) is 2.07. The Bertz CT molecular complexity index is 228. The average Bonchev–Trinajstić information content (AvgIpc) is 2.19. The smallest absolute Gasteiger partial charge is 0.221 e. The molecule has 13 heavy (non-hydrogen) atoms. The van der Waals surface area contributed by atoms with Crippen LogP contribution in [0.15, 0.2) is 24.0 Å². The van der Waals surface area contributed by atoms with Crippen molar-refractivity contribution in [3.8, 4) is 0 Å². The second-order valence-corrected chi connectivity index (χ2v) is 2.68. The van der Waals surface area contributed by atoms with E-state index in [2.05, 4.69) is 0 Å². The molecule has 1 rings (SSSR count). The SMILES string of the molecule is COC1=CC(OC)(OC)C(O)C=C1. The standard InChI is InChI=1S/C9H14O4/c1-11-7-4-5-8(10)9(6-7,12-2)13-3/h4-6,8,10H,1-3H3. The van der Waals surface area contributed by atoms with Crippen molar-refractivity contribution in [2.45, 2.75) is 11.9 Å². The Morgan fingerprint density at radius 2 is 1.92 bits per heavy atom. The normalized spacial score (nSPS) is 25.5. The minimum atomic E-state index is -1.12. The van der Waals surface area contributed by atoms with Gasteiger partial charge in [-0.3, -0.25) is 0 Å². The van der Waals surface area contributed by atoms with Gasteiger partial charge in [-0.25, -0.2) is 0 Å². The number of rotatable bonds is 3. The maximum atomic E-state index is 9.60. The number of aliphatic hydroxyl groups excluding tert-OH is 1. The quantitative estimate of drug-likeness (QED) is 0.649. The van der Waals surface area contributed by atoms with E-state index in [1.54, 1.807) is 25.3 Å². The predicted molar refractivity (Wildman–Crippen MR) is 47.0 cm³/mol. The van der Waals surface area contributed by atoms with Crippen molar-refractivity contribution in [1.29, 1.82) is 0 Å². The lowest BCUT2D eigenvalue weighted by atomic mass is 10.0. The molecule has 0 aliphatic heterocycles. The summed E-state index contributed by atoms with van der Waals surface area (Å²) in [6.45, 7) is 0. The lowest BCUT2D eigenvalue weighted by Gasteiger charge is -2.33. The van der Waals surface area contributed by atoms with E-state index in [0.717, 1.165) is 0 Å². The summed E-state index contributed by atoms with van der Waals surface area (Å²) >= 11 is 0. The monoisotopic (exact) mass is 186 g/mol. The first-order chi connectivity index (χ1) is 6.18. The molecule has 4 heteroatoms. The van der Waals surface area contributed by atoms with E-state index in [-0.39, 0.29) is 0 Å². The zero-order valence-electron chi connectivity index (χ0n) is 7.98. The molecule has 0 aromatic heterocycles. The Balaban J connectivity index is 2.94. The highest BCUT2D eigenvalue weighted by molar-refractivity contribution is 5.25. The van der Waals surface area contributed by atoms with Crippen molar-refractivity contribution < 1.29 is 19.3 Å². The molecular weight excluding hydrogens is 172 g/mol. The summed E-state index contributed by atoms with van der Waals surface area (Å²) in [6.07, 6.45) is 4.01. The van der Waals surface area contributed by atoms with Crippen LogP contribution in [-0.4, -0.2) is 38.3 Å². The first-order valence-electron chi connectivity index (χ1n) is 3.92. The highest BCUT2D eigenvalue weighted by atomic mass is 16.7. The number of methoxy groups -OCH3 is 3. The van der Waals surface area contributed by atoms with E-state index in [1.807, 2.05) is 0 Å². The van der Waals surface area contributed by atoms with E-state index >= 15 is 0 Å². The van der Waals surface area contributed by atoms with Crippen molar-refractivity contribution in [2.75, 3.05) is 21.3 Å². The van der Waals surface area contributed by atoms with Crippen LogP contribution in [0.4, 0.5) is 0 Å². The summed E-state index contributed by atoms with van der Waals surface area (Å²) in [5.41, 5.74) is 0.